The Labute approximate surface area is 301 Å². The van der Waals surface area contributed by atoms with Crippen LogP contribution in [0, 0.1) is 0 Å². The third-order valence-corrected chi connectivity index (χ3v) is 10.1. The number of anilines is 3. The summed E-state index contributed by atoms with van der Waals surface area (Å²) in [6, 6.07) is 68.6. The number of para-hydroxylation sites is 1. The number of hydrogen-bond acceptors (Lipinski definition) is 3. The molecule has 0 aliphatic carbocycles. The van der Waals surface area contributed by atoms with Gasteiger partial charge in [0.25, 0.3) is 0 Å². The van der Waals surface area contributed by atoms with E-state index in [1.54, 1.807) is 0 Å². The molecule has 0 amide bonds. The van der Waals surface area contributed by atoms with Crippen LogP contribution in [0.1, 0.15) is 0 Å². The molecule has 0 saturated heterocycles. The molecule has 3 nitrogen and oxygen atoms in total. The summed E-state index contributed by atoms with van der Waals surface area (Å²) in [6.07, 6.45) is 0. The molecule has 0 aliphatic heterocycles. The Hall–Kier alpha value is -6.97. The molecule has 9 aromatic carbocycles. The van der Waals surface area contributed by atoms with E-state index < -0.39 is 0 Å². The Balaban J connectivity index is 1.10. The van der Waals surface area contributed by atoms with Gasteiger partial charge >= 0.3 is 0 Å². The van der Waals surface area contributed by atoms with Gasteiger partial charge < -0.3 is 9.32 Å². The molecule has 244 valence electrons. The van der Waals surface area contributed by atoms with Crippen LogP contribution in [0.2, 0.25) is 0 Å². The van der Waals surface area contributed by atoms with Crippen LogP contribution in [-0.2, 0) is 0 Å². The first-order chi connectivity index (χ1) is 25.8. The minimum atomic E-state index is 0.615. The van der Waals surface area contributed by atoms with Crippen molar-refractivity contribution in [3.63, 3.8) is 0 Å². The predicted octanol–water partition coefficient (Wildman–Crippen LogP) is 13.8. The summed E-state index contributed by atoms with van der Waals surface area (Å²) in [6.45, 7) is 0. The summed E-state index contributed by atoms with van der Waals surface area (Å²) in [5.41, 5.74) is 10.1. The fraction of sp³-hybridized carbons (Fsp3) is 0. The molecule has 0 fully saturated rings. The monoisotopic (exact) mass is 664 g/mol. The van der Waals surface area contributed by atoms with Crippen LogP contribution in [0.4, 0.5) is 17.1 Å². The minimum Gasteiger partial charge on any atom is -0.435 e. The molecule has 0 bridgehead atoms. The molecule has 1 heterocycles. The van der Waals surface area contributed by atoms with Gasteiger partial charge in [-0.05, 0) is 98.0 Å². The second-order valence-corrected chi connectivity index (χ2v) is 13.2. The van der Waals surface area contributed by atoms with Gasteiger partial charge in [0.2, 0.25) is 5.89 Å². The quantitative estimate of drug-likeness (QED) is 0.166. The first-order valence-electron chi connectivity index (χ1n) is 17.6. The number of hydrogen-bond donors (Lipinski definition) is 0. The van der Waals surface area contributed by atoms with Crippen LogP contribution in [0.5, 0.6) is 0 Å². The lowest BCUT2D eigenvalue weighted by molar-refractivity contribution is 0.621. The SMILES string of the molecule is c1ccc(-c2nc3c(-c4ccccc4)ccc(-c4ccc(N(c5ccccc5)c5ccc6ccc7c8ccccc8ccc7c6c5)cc4)c3o2)cc1. The van der Waals surface area contributed by atoms with Crippen molar-refractivity contribution in [2.45, 2.75) is 0 Å². The fourth-order valence-electron chi connectivity index (χ4n) is 7.55. The van der Waals surface area contributed by atoms with Gasteiger partial charge in [-0.2, -0.15) is 0 Å². The van der Waals surface area contributed by atoms with Gasteiger partial charge in [-0.1, -0.05) is 140 Å². The van der Waals surface area contributed by atoms with Crippen molar-refractivity contribution in [2.75, 3.05) is 4.90 Å². The summed E-state index contributed by atoms with van der Waals surface area (Å²) in [5, 5.41) is 7.51. The van der Waals surface area contributed by atoms with Crippen molar-refractivity contribution < 1.29 is 4.42 Å². The Morgan fingerprint density at radius 2 is 0.904 bits per heavy atom. The van der Waals surface area contributed by atoms with E-state index in [0.29, 0.717) is 5.89 Å². The lowest BCUT2D eigenvalue weighted by Crippen LogP contribution is -2.09. The summed E-state index contributed by atoms with van der Waals surface area (Å²) in [5.74, 6) is 0.615. The largest absolute Gasteiger partial charge is 0.435 e. The standard InChI is InChI=1S/C49H32N2O/c1-4-12-33(13-5-1)42-30-31-43(48-47(42)50-49(52-48)37-15-6-2-7-16-37)35-20-25-39(26-21-35)51(38-17-8-3-9-18-38)40-27-22-36-24-28-44-41-19-11-10-14-34(41)23-29-45(44)46(36)32-40/h1-32H. The molecular weight excluding hydrogens is 633 g/mol. The summed E-state index contributed by atoms with van der Waals surface area (Å²) < 4.78 is 6.60. The maximum atomic E-state index is 6.60. The smallest absolute Gasteiger partial charge is 0.227 e. The normalized spacial score (nSPS) is 11.5. The fourth-order valence-corrected chi connectivity index (χ4v) is 7.55. The molecule has 3 heteroatoms. The summed E-state index contributed by atoms with van der Waals surface area (Å²) in [7, 11) is 0. The van der Waals surface area contributed by atoms with Crippen LogP contribution in [0.3, 0.4) is 0 Å². The molecule has 1 aromatic heterocycles. The number of oxazole rings is 1. The number of nitrogens with zero attached hydrogens (tertiary/aromatic N) is 2. The van der Waals surface area contributed by atoms with Gasteiger partial charge in [0.15, 0.2) is 5.58 Å². The number of fused-ring (bicyclic) bond motifs is 6. The van der Waals surface area contributed by atoms with E-state index in [1.165, 1.54) is 32.3 Å². The Morgan fingerprint density at radius 3 is 1.65 bits per heavy atom. The number of benzene rings is 9. The van der Waals surface area contributed by atoms with E-state index in [1.807, 2.05) is 36.4 Å². The van der Waals surface area contributed by atoms with Gasteiger partial charge in [0.1, 0.15) is 5.52 Å². The first-order valence-corrected chi connectivity index (χ1v) is 17.6. The molecule has 0 aliphatic rings. The second-order valence-electron chi connectivity index (χ2n) is 13.2. The van der Waals surface area contributed by atoms with Crippen molar-refractivity contribution >= 4 is 60.5 Å². The molecule has 0 saturated carbocycles. The maximum Gasteiger partial charge on any atom is 0.227 e. The van der Waals surface area contributed by atoms with Crippen molar-refractivity contribution in [1.29, 1.82) is 0 Å². The van der Waals surface area contributed by atoms with Crippen LogP contribution >= 0.6 is 0 Å². The number of rotatable bonds is 6. The van der Waals surface area contributed by atoms with Gasteiger partial charge in [-0.3, -0.25) is 0 Å². The molecule has 10 rings (SSSR count). The summed E-state index contributed by atoms with van der Waals surface area (Å²) >= 11 is 0. The van der Waals surface area contributed by atoms with Crippen LogP contribution in [0.15, 0.2) is 199 Å². The Bertz CT molecular complexity index is 2880. The molecular formula is C49H32N2O. The zero-order valence-corrected chi connectivity index (χ0v) is 28.3. The van der Waals surface area contributed by atoms with Crippen molar-refractivity contribution in [2.24, 2.45) is 0 Å². The molecule has 52 heavy (non-hydrogen) atoms. The highest BCUT2D eigenvalue weighted by Gasteiger charge is 2.19. The van der Waals surface area contributed by atoms with E-state index in [2.05, 4.69) is 163 Å². The van der Waals surface area contributed by atoms with Crippen molar-refractivity contribution in [3.8, 4) is 33.7 Å². The average Bonchev–Trinajstić information content (AvgIpc) is 3.68. The molecule has 0 radical (unpaired) electrons. The Kier molecular flexibility index (Phi) is 7.14. The van der Waals surface area contributed by atoms with E-state index in [4.69, 9.17) is 9.40 Å². The topological polar surface area (TPSA) is 29.3 Å². The van der Waals surface area contributed by atoms with E-state index in [0.717, 1.165) is 56.0 Å². The average molecular weight is 665 g/mol. The van der Waals surface area contributed by atoms with Gasteiger partial charge in [-0.15, -0.1) is 0 Å². The third-order valence-electron chi connectivity index (χ3n) is 10.1. The molecule has 0 unspecified atom stereocenters. The zero-order valence-electron chi connectivity index (χ0n) is 28.3. The van der Waals surface area contributed by atoms with E-state index in [-0.39, 0.29) is 0 Å². The molecule has 0 spiro atoms. The number of aromatic nitrogens is 1. The molecule has 10 aromatic rings. The summed E-state index contributed by atoms with van der Waals surface area (Å²) in [4.78, 5) is 7.39. The van der Waals surface area contributed by atoms with Crippen LogP contribution < -0.4 is 4.90 Å². The third kappa shape index (κ3) is 5.10. The maximum absolute atomic E-state index is 6.60. The lowest BCUT2D eigenvalue weighted by atomic mass is 9.96. The molecule has 0 atom stereocenters. The lowest BCUT2D eigenvalue weighted by Gasteiger charge is -2.26. The highest BCUT2D eigenvalue weighted by atomic mass is 16.3. The van der Waals surface area contributed by atoms with Gasteiger partial charge in [0.05, 0.1) is 0 Å². The van der Waals surface area contributed by atoms with Crippen LogP contribution in [0.25, 0.3) is 77.1 Å². The van der Waals surface area contributed by atoms with Gasteiger partial charge in [-0.25, -0.2) is 4.98 Å². The van der Waals surface area contributed by atoms with E-state index >= 15 is 0 Å². The molecule has 0 N–H and O–H groups in total. The highest BCUT2D eigenvalue weighted by Crippen LogP contribution is 2.42. The predicted molar refractivity (Wildman–Crippen MR) is 218 cm³/mol. The van der Waals surface area contributed by atoms with Crippen molar-refractivity contribution in [3.05, 3.63) is 194 Å². The second kappa shape index (κ2) is 12.4. The highest BCUT2D eigenvalue weighted by molar-refractivity contribution is 6.17. The first kappa shape index (κ1) is 29.9. The van der Waals surface area contributed by atoms with Crippen LogP contribution in [-0.4, -0.2) is 4.98 Å². The zero-order chi connectivity index (χ0) is 34.4. The minimum absolute atomic E-state index is 0.615. The van der Waals surface area contributed by atoms with E-state index in [9.17, 15) is 0 Å². The Morgan fingerprint density at radius 1 is 0.365 bits per heavy atom. The van der Waals surface area contributed by atoms with Crippen molar-refractivity contribution in [1.82, 2.24) is 4.98 Å². The van der Waals surface area contributed by atoms with Gasteiger partial charge in [0, 0.05) is 33.8 Å².